The van der Waals surface area contributed by atoms with Crippen molar-refractivity contribution in [3.8, 4) is 0 Å². The third kappa shape index (κ3) is 3.45. The van der Waals surface area contributed by atoms with Crippen molar-refractivity contribution in [3.05, 3.63) is 46.5 Å². The van der Waals surface area contributed by atoms with Crippen molar-refractivity contribution in [1.82, 2.24) is 9.88 Å². The van der Waals surface area contributed by atoms with Crippen LogP contribution in [0.15, 0.2) is 29.6 Å². The summed E-state index contributed by atoms with van der Waals surface area (Å²) in [7, 11) is 0. The number of hydrogen-bond donors (Lipinski definition) is 1. The highest BCUT2D eigenvalue weighted by molar-refractivity contribution is 7.98. The van der Waals surface area contributed by atoms with Gasteiger partial charge < -0.3 is 5.32 Å². The lowest BCUT2D eigenvalue weighted by molar-refractivity contribution is -0.120. The number of amides is 3. The van der Waals surface area contributed by atoms with Crippen LogP contribution in [-0.2, 0) is 4.79 Å². The maximum atomic E-state index is 12.8. The van der Waals surface area contributed by atoms with Gasteiger partial charge in [0.2, 0.25) is 5.91 Å². The number of nitrogens with one attached hydrogen (secondary N) is 1. The Hall–Kier alpha value is -2.19. The molecule has 0 aliphatic carbocycles. The van der Waals surface area contributed by atoms with E-state index in [4.69, 9.17) is 0 Å². The smallest absolute Gasteiger partial charge is 0.262 e. The molecular formula is C17H17N3O3S2. The summed E-state index contributed by atoms with van der Waals surface area (Å²) in [6.45, 7) is 1.83. The summed E-state index contributed by atoms with van der Waals surface area (Å²) in [5.74, 6) is -0.574. The molecule has 3 rings (SSSR count). The van der Waals surface area contributed by atoms with Crippen molar-refractivity contribution in [2.75, 3.05) is 17.3 Å². The SMILES string of the molecule is CSCCC(C(=O)Nc1nc(C)cs1)N1C(=O)c2ccccc2C1=O. The van der Waals surface area contributed by atoms with Crippen LogP contribution in [0, 0.1) is 6.92 Å². The Morgan fingerprint density at radius 1 is 1.28 bits per heavy atom. The van der Waals surface area contributed by atoms with Crippen LogP contribution in [0.2, 0.25) is 0 Å². The second-order valence-electron chi connectivity index (χ2n) is 5.61. The first-order chi connectivity index (χ1) is 12.0. The molecule has 130 valence electrons. The molecule has 1 aromatic carbocycles. The Balaban J connectivity index is 1.87. The van der Waals surface area contributed by atoms with Gasteiger partial charge in [0, 0.05) is 5.38 Å². The molecule has 25 heavy (non-hydrogen) atoms. The largest absolute Gasteiger partial charge is 0.300 e. The molecule has 1 aliphatic rings. The van der Waals surface area contributed by atoms with Gasteiger partial charge >= 0.3 is 0 Å². The standard InChI is InChI=1S/C17H17N3O3S2/c1-10-9-25-17(18-10)19-14(21)13(7-8-24-2)20-15(22)11-5-3-4-6-12(11)16(20)23/h3-6,9,13H,7-8H2,1-2H3,(H,18,19,21). The quantitative estimate of drug-likeness (QED) is 0.786. The van der Waals surface area contributed by atoms with E-state index in [2.05, 4.69) is 10.3 Å². The van der Waals surface area contributed by atoms with Gasteiger partial charge in [-0.1, -0.05) is 12.1 Å². The number of aromatic nitrogens is 1. The van der Waals surface area contributed by atoms with Gasteiger partial charge in [-0.05, 0) is 37.5 Å². The summed E-state index contributed by atoms with van der Waals surface area (Å²) in [5, 5.41) is 5.02. The minimum absolute atomic E-state index is 0.347. The highest BCUT2D eigenvalue weighted by Gasteiger charge is 2.42. The molecule has 0 fully saturated rings. The Morgan fingerprint density at radius 3 is 2.44 bits per heavy atom. The van der Waals surface area contributed by atoms with E-state index < -0.39 is 23.8 Å². The molecule has 0 saturated carbocycles. The maximum Gasteiger partial charge on any atom is 0.262 e. The van der Waals surface area contributed by atoms with Crippen LogP contribution in [0.3, 0.4) is 0 Å². The Labute approximate surface area is 153 Å². The van der Waals surface area contributed by atoms with E-state index >= 15 is 0 Å². The van der Waals surface area contributed by atoms with E-state index in [-0.39, 0.29) is 0 Å². The van der Waals surface area contributed by atoms with E-state index in [1.54, 1.807) is 36.0 Å². The average molecular weight is 375 g/mol. The zero-order valence-corrected chi connectivity index (χ0v) is 15.4. The Kier molecular flexibility index (Phi) is 5.19. The van der Waals surface area contributed by atoms with Crippen molar-refractivity contribution in [2.24, 2.45) is 0 Å². The number of hydrogen-bond acceptors (Lipinski definition) is 6. The molecule has 8 heteroatoms. The first-order valence-electron chi connectivity index (χ1n) is 7.71. The van der Waals surface area contributed by atoms with Gasteiger partial charge in [-0.2, -0.15) is 11.8 Å². The van der Waals surface area contributed by atoms with Gasteiger partial charge in [0.05, 0.1) is 16.8 Å². The molecule has 1 aromatic heterocycles. The number of carbonyl (C=O) groups excluding carboxylic acids is 3. The van der Waals surface area contributed by atoms with Crippen LogP contribution in [0.1, 0.15) is 32.8 Å². The number of aryl methyl sites for hydroxylation is 1. The molecule has 0 spiro atoms. The van der Waals surface area contributed by atoms with E-state index in [1.807, 2.05) is 18.6 Å². The predicted molar refractivity (Wildman–Crippen MR) is 99.2 cm³/mol. The summed E-state index contributed by atoms with van der Waals surface area (Å²) >= 11 is 2.87. The van der Waals surface area contributed by atoms with Crippen molar-refractivity contribution in [3.63, 3.8) is 0 Å². The van der Waals surface area contributed by atoms with Crippen molar-refractivity contribution < 1.29 is 14.4 Å². The number of nitrogens with zero attached hydrogens (tertiary/aromatic N) is 2. The normalized spacial score (nSPS) is 14.6. The number of thioether (sulfide) groups is 1. The highest BCUT2D eigenvalue weighted by atomic mass is 32.2. The summed E-state index contributed by atoms with van der Waals surface area (Å²) in [6, 6.07) is 5.79. The fourth-order valence-electron chi connectivity index (χ4n) is 2.70. The van der Waals surface area contributed by atoms with Gasteiger partial charge in [-0.15, -0.1) is 11.3 Å². The predicted octanol–water partition coefficient (Wildman–Crippen LogP) is 2.81. The minimum atomic E-state index is -0.857. The number of benzene rings is 1. The molecule has 1 N–H and O–H groups in total. The molecule has 2 heterocycles. The van der Waals surface area contributed by atoms with E-state index in [0.29, 0.717) is 28.4 Å². The lowest BCUT2D eigenvalue weighted by Crippen LogP contribution is -2.47. The first-order valence-corrected chi connectivity index (χ1v) is 9.99. The second-order valence-corrected chi connectivity index (χ2v) is 7.45. The third-order valence-corrected chi connectivity index (χ3v) is 5.40. The average Bonchev–Trinajstić information content (AvgIpc) is 3.11. The van der Waals surface area contributed by atoms with Crippen molar-refractivity contribution in [1.29, 1.82) is 0 Å². The van der Waals surface area contributed by atoms with Gasteiger partial charge in [0.15, 0.2) is 5.13 Å². The van der Waals surface area contributed by atoms with Gasteiger partial charge in [-0.3, -0.25) is 19.3 Å². The van der Waals surface area contributed by atoms with Crippen LogP contribution in [0.5, 0.6) is 0 Å². The molecule has 0 radical (unpaired) electrons. The molecule has 1 unspecified atom stereocenters. The van der Waals surface area contributed by atoms with Crippen molar-refractivity contribution >= 4 is 46.0 Å². The molecule has 2 aromatic rings. The maximum absolute atomic E-state index is 12.8. The molecule has 6 nitrogen and oxygen atoms in total. The number of anilines is 1. The summed E-state index contributed by atoms with van der Waals surface area (Å²) in [4.78, 5) is 43.4. The number of rotatable bonds is 6. The number of imide groups is 1. The summed E-state index contributed by atoms with van der Waals surface area (Å²) in [5.41, 5.74) is 1.50. The van der Waals surface area contributed by atoms with Gasteiger partial charge in [0.25, 0.3) is 11.8 Å². The molecular weight excluding hydrogens is 358 g/mol. The van der Waals surface area contributed by atoms with Gasteiger partial charge in [0.1, 0.15) is 6.04 Å². The Morgan fingerprint density at radius 2 is 1.92 bits per heavy atom. The molecule has 3 amide bonds. The van der Waals surface area contributed by atoms with Gasteiger partial charge in [-0.25, -0.2) is 4.98 Å². The van der Waals surface area contributed by atoms with Crippen LogP contribution < -0.4 is 5.32 Å². The Bertz CT molecular complexity index is 799. The summed E-state index contributed by atoms with van der Waals surface area (Å²) in [6.07, 6.45) is 2.31. The minimum Gasteiger partial charge on any atom is -0.300 e. The number of thiazole rings is 1. The molecule has 0 saturated heterocycles. The first kappa shape index (κ1) is 17.6. The molecule has 1 aliphatic heterocycles. The van der Waals surface area contributed by atoms with E-state index in [9.17, 15) is 14.4 Å². The monoisotopic (exact) mass is 375 g/mol. The lowest BCUT2D eigenvalue weighted by Gasteiger charge is -2.24. The summed E-state index contributed by atoms with van der Waals surface area (Å²) < 4.78 is 0. The van der Waals surface area contributed by atoms with Crippen LogP contribution in [0.4, 0.5) is 5.13 Å². The van der Waals surface area contributed by atoms with Crippen LogP contribution >= 0.6 is 23.1 Å². The van der Waals surface area contributed by atoms with E-state index in [1.165, 1.54) is 11.3 Å². The zero-order chi connectivity index (χ0) is 18.0. The lowest BCUT2D eigenvalue weighted by atomic mass is 10.1. The second kappa shape index (κ2) is 7.37. The van der Waals surface area contributed by atoms with Crippen LogP contribution in [-0.4, -0.2) is 45.7 Å². The fourth-order valence-corrected chi connectivity index (χ4v) is 3.85. The zero-order valence-electron chi connectivity index (χ0n) is 13.8. The topological polar surface area (TPSA) is 79.4 Å². The van der Waals surface area contributed by atoms with E-state index in [0.717, 1.165) is 10.6 Å². The molecule has 1 atom stereocenters. The highest BCUT2D eigenvalue weighted by Crippen LogP contribution is 2.27. The van der Waals surface area contributed by atoms with Crippen molar-refractivity contribution in [2.45, 2.75) is 19.4 Å². The number of carbonyl (C=O) groups is 3. The fraction of sp³-hybridized carbons (Fsp3) is 0.294. The molecule has 0 bridgehead atoms. The third-order valence-electron chi connectivity index (χ3n) is 3.88. The number of fused-ring (bicyclic) bond motifs is 1. The van der Waals surface area contributed by atoms with Crippen LogP contribution in [0.25, 0.3) is 0 Å².